The molecule has 3 aromatic rings. The van der Waals surface area contributed by atoms with Crippen LogP contribution in [0.25, 0.3) is 0 Å². The number of alkyl halides is 6. The van der Waals surface area contributed by atoms with E-state index < -0.39 is 34.2 Å². The van der Waals surface area contributed by atoms with Crippen molar-refractivity contribution in [1.29, 1.82) is 0 Å². The molecule has 0 bridgehead atoms. The molecular weight excluding hydrogens is 714 g/mol. The Bertz CT molecular complexity index is 1330. The Morgan fingerprint density at radius 2 is 1.23 bits per heavy atom. The Morgan fingerprint density at radius 3 is 1.54 bits per heavy atom. The van der Waals surface area contributed by atoms with Crippen LogP contribution in [0.3, 0.4) is 0 Å². The number of rotatable bonds is 4. The van der Waals surface area contributed by atoms with Crippen molar-refractivity contribution in [2.24, 2.45) is 4.99 Å². The number of nitrogens with zero attached hydrogens (tertiary/aromatic N) is 2. The molecule has 48 heavy (non-hydrogen) atoms. The summed E-state index contributed by atoms with van der Waals surface area (Å²) in [5, 5.41) is 12.9. The number of aromatic nitrogens is 1. The molecule has 0 aliphatic carbocycles. The maximum absolute atomic E-state index is 11.9. The summed E-state index contributed by atoms with van der Waals surface area (Å²) in [7, 11) is -0.169. The molecule has 276 valence electrons. The molecule has 2 N–H and O–H groups in total. The van der Waals surface area contributed by atoms with Crippen LogP contribution in [0.2, 0.25) is 19.6 Å². The Kier molecular flexibility index (Phi) is 22.3. The normalized spacial score (nSPS) is 12.6. The number of aldehydes is 1. The minimum absolute atomic E-state index is 0. The van der Waals surface area contributed by atoms with E-state index in [1.165, 1.54) is 43.9 Å². The molecule has 0 radical (unpaired) electrons. The average Bonchev–Trinajstić information content (AvgIpc) is 2.95. The average molecular weight is 766 g/mol. The van der Waals surface area contributed by atoms with Gasteiger partial charge >= 0.3 is 12.0 Å². The topological polar surface area (TPSA) is 75.8 Å². The van der Waals surface area contributed by atoms with Crippen molar-refractivity contribution >= 4 is 28.3 Å². The van der Waals surface area contributed by atoms with Crippen LogP contribution in [0.5, 0.6) is 0 Å². The third-order valence-corrected chi connectivity index (χ3v) is 11.1. The fourth-order valence-electron chi connectivity index (χ4n) is 3.56. The van der Waals surface area contributed by atoms with Gasteiger partial charge in [-0.25, -0.2) is 7.05 Å². The minimum Gasteiger partial charge on any atom is -0.565 e. The molecule has 1 unspecified atom stereocenters. The fourth-order valence-corrected chi connectivity index (χ4v) is 6.96. The molecule has 0 aliphatic rings. The molecule has 0 amide bonds. The molecule has 1 atom stereocenters. The van der Waals surface area contributed by atoms with Crippen LogP contribution in [-0.4, -0.2) is 41.8 Å². The van der Waals surface area contributed by atoms with E-state index in [1.807, 2.05) is 36.4 Å². The summed E-state index contributed by atoms with van der Waals surface area (Å²) in [6, 6.07) is 21.9. The van der Waals surface area contributed by atoms with E-state index in [4.69, 9.17) is 5.11 Å². The van der Waals surface area contributed by atoms with Gasteiger partial charge in [0.25, 0.3) is 0 Å². The summed E-state index contributed by atoms with van der Waals surface area (Å²) >= 11 is 0. The van der Waals surface area contributed by atoms with Crippen LogP contribution < -0.4 is 15.6 Å². The third kappa shape index (κ3) is 20.0. The van der Waals surface area contributed by atoms with Crippen LogP contribution in [0.15, 0.2) is 83.9 Å². The van der Waals surface area contributed by atoms with Crippen LogP contribution >= 0.6 is 8.07 Å². The Hall–Kier alpha value is -2.59. The van der Waals surface area contributed by atoms with Crippen molar-refractivity contribution in [3.05, 3.63) is 103 Å². The molecule has 0 saturated heterocycles. The summed E-state index contributed by atoms with van der Waals surface area (Å²) in [6.45, 7) is 17.6. The second-order valence-electron chi connectivity index (χ2n) is 13.2. The fraction of sp³-hybridized carbons (Fsp3) is 0.441. The van der Waals surface area contributed by atoms with Gasteiger partial charge in [0.05, 0.1) is 18.4 Å². The molecule has 1 aromatic heterocycles. The summed E-state index contributed by atoms with van der Waals surface area (Å²) in [5.74, 6) is -3.02. The van der Waals surface area contributed by atoms with E-state index in [2.05, 4.69) is 63.7 Å². The zero-order valence-corrected chi connectivity index (χ0v) is 31.2. The number of hydrogen-bond donors (Lipinski definition) is 2. The Balaban J connectivity index is -0.000000589. The second kappa shape index (κ2) is 21.5. The zero-order chi connectivity index (χ0) is 36.0. The maximum Gasteiger partial charge on any atom is 0.418 e. The van der Waals surface area contributed by atoms with Crippen molar-refractivity contribution in [2.45, 2.75) is 97.0 Å². The largest absolute Gasteiger partial charge is 0.565 e. The predicted octanol–water partition coefficient (Wildman–Crippen LogP) is 10.3. The molecule has 0 saturated carbocycles. The van der Waals surface area contributed by atoms with Gasteiger partial charge in [0.15, 0.2) is 14.2 Å². The first kappa shape index (κ1) is 49.8. The Morgan fingerprint density at radius 1 is 0.812 bits per heavy atom. The number of aliphatic hydroxyl groups is 1. The maximum atomic E-state index is 11.9. The predicted molar refractivity (Wildman–Crippen MR) is 188 cm³/mol. The number of aliphatic hydroxyl groups excluding tert-OH is 1. The number of nitrogens with one attached hydrogen (secondary N) is 1. The number of anilines is 1. The molecule has 1 heterocycles. The first-order valence-electron chi connectivity index (χ1n) is 14.3. The monoisotopic (exact) mass is 764 g/mol. The smallest absolute Gasteiger partial charge is 0.418 e. The van der Waals surface area contributed by atoms with E-state index in [1.54, 1.807) is 18.2 Å². The van der Waals surface area contributed by atoms with Crippen molar-refractivity contribution in [1.82, 2.24) is 4.98 Å². The quantitative estimate of drug-likeness (QED) is 0.0912. The number of carbonyl (C=O) groups is 1. The van der Waals surface area contributed by atoms with E-state index in [9.17, 15) is 31.1 Å². The van der Waals surface area contributed by atoms with Crippen molar-refractivity contribution in [2.75, 3.05) is 5.09 Å². The van der Waals surface area contributed by atoms with Crippen molar-refractivity contribution < 1.29 is 52.7 Å². The standard InChI is InChI=1S/C14H24N3P.C8H7F3O.C7H6O.C4H9F3Si.CH4.Ni/c1-13(2,3)18(14(4,5)6)17-12-10-8-9-11(15-7)16-12;9-8(10,11)7(12)6-4-2-1-3-5-6;8-6-7-4-2-1-3-5-7;1-8(2,3)4(5,6)7;;/h8-10H,7H2,1-6H3,(H-,15,16,17);1-5,7,12H;1-6H;1-3H3;1H4;/q-2;;;;;/p+1. The summed E-state index contributed by atoms with van der Waals surface area (Å²) in [6.07, 6.45) is -6.12. The number of halogens is 6. The van der Waals surface area contributed by atoms with E-state index in [-0.39, 0.29) is 39.8 Å². The zero-order valence-electron chi connectivity index (χ0n) is 28.2. The number of benzene rings is 2. The van der Waals surface area contributed by atoms with Crippen LogP contribution in [0.1, 0.15) is 71.0 Å². The van der Waals surface area contributed by atoms with Gasteiger partial charge in [-0.15, -0.1) is 11.6 Å². The van der Waals surface area contributed by atoms with Gasteiger partial charge in [0.2, 0.25) is 0 Å². The van der Waals surface area contributed by atoms with Crippen LogP contribution in [-0.2, 0) is 16.5 Å². The SMILES string of the molecule is C.C[Si](C)(C)C(F)(F)F.O=Cc1ccccc1.OC(c1ccccc1)C(F)(F)F.[CH2-]N=c1cccc(N[PH+](C(C)(C)C)C(C)(C)C)[n-]1.[Ni]. The molecule has 0 fully saturated rings. The number of pyridine rings is 1. The van der Waals surface area contributed by atoms with Gasteiger partial charge in [0.1, 0.15) is 6.29 Å². The number of carbonyl (C=O) groups excluding carboxylic acids is 1. The third-order valence-electron chi connectivity index (χ3n) is 5.86. The van der Waals surface area contributed by atoms with Gasteiger partial charge in [-0.2, -0.15) is 26.3 Å². The molecule has 3 rings (SSSR count). The summed E-state index contributed by atoms with van der Waals surface area (Å²) < 4.78 is 70.5. The van der Waals surface area contributed by atoms with E-state index >= 15 is 0 Å². The molecule has 5 nitrogen and oxygen atoms in total. The molecule has 2 aromatic carbocycles. The van der Waals surface area contributed by atoms with E-state index in [0.717, 1.165) is 17.7 Å². The minimum atomic E-state index is -4.58. The molecule has 14 heteroatoms. The Labute approximate surface area is 294 Å². The first-order chi connectivity index (χ1) is 20.8. The molecular formula is C34H51F6N3NiO2PSi-. The summed E-state index contributed by atoms with van der Waals surface area (Å²) in [5.41, 5.74) is 1.27. The van der Waals surface area contributed by atoms with Crippen LogP contribution in [0.4, 0.5) is 32.2 Å². The van der Waals surface area contributed by atoms with Gasteiger partial charge in [0, 0.05) is 27.9 Å². The van der Waals surface area contributed by atoms with Gasteiger partial charge in [-0.05, 0) is 47.1 Å². The van der Waals surface area contributed by atoms with Gasteiger partial charge in [-0.1, -0.05) is 99.9 Å². The molecule has 0 spiro atoms. The van der Waals surface area contributed by atoms with Gasteiger partial charge in [-0.3, -0.25) is 4.79 Å². The second-order valence-corrected chi connectivity index (χ2v) is 22.2. The first-order valence-corrected chi connectivity index (χ1v) is 19.3. The van der Waals surface area contributed by atoms with Crippen molar-refractivity contribution in [3.63, 3.8) is 0 Å². The number of hydrogen-bond acceptors (Lipinski definition) is 4. The van der Waals surface area contributed by atoms with Gasteiger partial charge < -0.3 is 20.2 Å². The van der Waals surface area contributed by atoms with E-state index in [0.29, 0.717) is 5.49 Å². The van der Waals surface area contributed by atoms with Crippen LogP contribution in [0, 0.1) is 7.05 Å². The summed E-state index contributed by atoms with van der Waals surface area (Å²) in [4.78, 5) is 18.3. The van der Waals surface area contributed by atoms with Crippen molar-refractivity contribution in [3.8, 4) is 0 Å². The molecule has 0 aliphatic heterocycles.